The Balaban J connectivity index is 1.35. The quantitative estimate of drug-likeness (QED) is 0.638. The molecule has 3 fully saturated rings. The number of rotatable bonds is 5. The number of nitrogens with zero attached hydrogens (tertiary/aromatic N) is 2. The molecule has 4 heterocycles. The minimum absolute atomic E-state index is 0.152. The second-order valence-electron chi connectivity index (χ2n) is 9.01. The maximum atomic E-state index is 11.4. The summed E-state index contributed by atoms with van der Waals surface area (Å²) >= 11 is 0. The van der Waals surface area contributed by atoms with Gasteiger partial charge in [0.05, 0.1) is 18.7 Å². The molecule has 5 atom stereocenters. The number of methoxy groups -OCH3 is 1. The predicted molar refractivity (Wildman–Crippen MR) is 125 cm³/mol. The van der Waals surface area contributed by atoms with Gasteiger partial charge in [0.1, 0.15) is 5.75 Å². The summed E-state index contributed by atoms with van der Waals surface area (Å²) in [6, 6.07) is 16.7. The van der Waals surface area contributed by atoms with E-state index in [0.29, 0.717) is 11.8 Å². The zero-order valence-corrected chi connectivity index (χ0v) is 18.2. The summed E-state index contributed by atoms with van der Waals surface area (Å²) in [7, 11) is 1.67. The van der Waals surface area contributed by atoms with Gasteiger partial charge in [-0.05, 0) is 73.5 Å². The monoisotopic (exact) mass is 414 g/mol. The van der Waals surface area contributed by atoms with Gasteiger partial charge in [-0.15, -0.1) is 0 Å². The van der Waals surface area contributed by atoms with Crippen LogP contribution in [-0.4, -0.2) is 41.2 Å². The summed E-state index contributed by atoms with van der Waals surface area (Å²) in [5.74, 6) is 1.96. The van der Waals surface area contributed by atoms with Crippen molar-refractivity contribution in [2.75, 3.05) is 20.2 Å². The fourth-order valence-corrected chi connectivity index (χ4v) is 5.31. The van der Waals surface area contributed by atoms with Gasteiger partial charge in [-0.2, -0.15) is 0 Å². The molecule has 2 aromatic carbocycles. The minimum Gasteiger partial charge on any atom is -0.497 e. The van der Waals surface area contributed by atoms with Crippen molar-refractivity contribution in [3.05, 3.63) is 77.5 Å². The molecule has 2 bridgehead atoms. The second kappa shape index (κ2) is 8.45. The number of aromatic nitrogens is 1. The van der Waals surface area contributed by atoms with Crippen LogP contribution < -0.4 is 4.74 Å². The fourth-order valence-electron chi connectivity index (χ4n) is 5.31. The van der Waals surface area contributed by atoms with Crippen molar-refractivity contribution in [1.29, 1.82) is 0 Å². The molecule has 3 aliphatic heterocycles. The Morgan fingerprint density at radius 3 is 2.74 bits per heavy atom. The molecule has 31 heavy (non-hydrogen) atoms. The van der Waals surface area contributed by atoms with Crippen molar-refractivity contribution in [3.8, 4) is 5.75 Å². The van der Waals surface area contributed by atoms with Crippen LogP contribution in [-0.2, 0) is 0 Å². The lowest BCUT2D eigenvalue weighted by molar-refractivity contribution is -0.0444. The molecule has 0 radical (unpaired) electrons. The number of pyridine rings is 1. The van der Waals surface area contributed by atoms with Crippen molar-refractivity contribution in [1.82, 2.24) is 9.88 Å². The number of aryl methyl sites for hydroxylation is 1. The number of hydrogen-bond acceptors (Lipinski definition) is 4. The molecule has 6 rings (SSSR count). The number of fused-ring (bicyclic) bond motifs is 4. The Bertz CT molecular complexity index is 1090. The van der Waals surface area contributed by atoms with Crippen molar-refractivity contribution in [3.63, 3.8) is 0 Å². The third-order valence-electron chi connectivity index (χ3n) is 7.13. The fraction of sp³-hybridized carbons (Fsp3) is 0.370. The van der Waals surface area contributed by atoms with E-state index in [1.165, 1.54) is 17.5 Å². The van der Waals surface area contributed by atoms with Crippen LogP contribution in [0.2, 0.25) is 0 Å². The first kappa shape index (κ1) is 20.2. The Kier molecular flexibility index (Phi) is 5.51. The normalized spacial score (nSPS) is 26.4. The molecule has 0 saturated carbocycles. The van der Waals surface area contributed by atoms with E-state index >= 15 is 0 Å². The number of aliphatic hydroxyl groups excluding tert-OH is 1. The number of piperidine rings is 3. The van der Waals surface area contributed by atoms with Crippen molar-refractivity contribution < 1.29 is 9.84 Å². The highest BCUT2D eigenvalue weighted by atomic mass is 16.5. The standard InChI is InChI=1S/C27H30N2O2/c1-18-3-5-19(6-4-18)7-8-21-17-29-14-12-20(21)15-26(29)27(30)23-11-13-28-25-10-9-22(31-2)16-24(23)25/h3-11,13,16,20-21,26-27,30H,12,14-15,17H2,1-2H3/b8-7+/t20-,21+,26-,27-/m1/s1. The van der Waals surface area contributed by atoms with Gasteiger partial charge >= 0.3 is 0 Å². The number of hydrogen-bond donors (Lipinski definition) is 1. The average Bonchev–Trinajstić information content (AvgIpc) is 2.83. The Hall–Kier alpha value is -2.69. The van der Waals surface area contributed by atoms with Crippen LogP contribution in [0.3, 0.4) is 0 Å². The summed E-state index contributed by atoms with van der Waals surface area (Å²) < 4.78 is 5.41. The largest absolute Gasteiger partial charge is 0.497 e. The molecule has 1 N–H and O–H groups in total. The molecule has 3 aliphatic rings. The van der Waals surface area contributed by atoms with E-state index < -0.39 is 6.10 Å². The van der Waals surface area contributed by atoms with Gasteiger partial charge in [0, 0.05) is 24.2 Å². The van der Waals surface area contributed by atoms with Gasteiger partial charge < -0.3 is 9.84 Å². The third-order valence-corrected chi connectivity index (χ3v) is 7.13. The molecule has 0 spiro atoms. The molecule has 4 nitrogen and oxygen atoms in total. The molecular formula is C27H30N2O2. The van der Waals surface area contributed by atoms with E-state index in [4.69, 9.17) is 4.74 Å². The highest BCUT2D eigenvalue weighted by molar-refractivity contribution is 5.84. The van der Waals surface area contributed by atoms with E-state index in [9.17, 15) is 5.11 Å². The van der Waals surface area contributed by atoms with Crippen LogP contribution in [0.4, 0.5) is 0 Å². The molecule has 0 amide bonds. The van der Waals surface area contributed by atoms with Gasteiger partial charge in [-0.1, -0.05) is 42.0 Å². The summed E-state index contributed by atoms with van der Waals surface area (Å²) in [4.78, 5) is 6.96. The Morgan fingerprint density at radius 1 is 1.16 bits per heavy atom. The lowest BCUT2D eigenvalue weighted by Crippen LogP contribution is -2.54. The topological polar surface area (TPSA) is 45.6 Å². The zero-order chi connectivity index (χ0) is 21.4. The summed E-state index contributed by atoms with van der Waals surface area (Å²) in [5.41, 5.74) is 4.40. The molecular weight excluding hydrogens is 384 g/mol. The predicted octanol–water partition coefficient (Wildman–Crippen LogP) is 5.01. The maximum absolute atomic E-state index is 11.4. The van der Waals surface area contributed by atoms with Crippen molar-refractivity contribution in [2.45, 2.75) is 31.9 Å². The third kappa shape index (κ3) is 3.98. The number of benzene rings is 2. The molecule has 3 aromatic rings. The lowest BCUT2D eigenvalue weighted by atomic mass is 9.73. The average molecular weight is 415 g/mol. The Morgan fingerprint density at radius 2 is 2.00 bits per heavy atom. The van der Waals surface area contributed by atoms with E-state index in [1.807, 2.05) is 24.3 Å². The first-order valence-electron chi connectivity index (χ1n) is 11.2. The second-order valence-corrected chi connectivity index (χ2v) is 9.01. The van der Waals surface area contributed by atoms with Crippen LogP contribution in [0.1, 0.15) is 35.6 Å². The van der Waals surface area contributed by atoms with Gasteiger partial charge in [-0.3, -0.25) is 9.88 Å². The highest BCUT2D eigenvalue weighted by Crippen LogP contribution is 2.42. The summed E-state index contributed by atoms with van der Waals surface area (Å²) in [6.07, 6.45) is 8.16. The first-order chi connectivity index (χ1) is 15.1. The van der Waals surface area contributed by atoms with Gasteiger partial charge in [0.25, 0.3) is 0 Å². The van der Waals surface area contributed by atoms with E-state index in [2.05, 4.69) is 53.2 Å². The number of ether oxygens (including phenoxy) is 1. The van der Waals surface area contributed by atoms with Crippen molar-refractivity contribution >= 4 is 17.0 Å². The summed E-state index contributed by atoms with van der Waals surface area (Å²) in [5, 5.41) is 12.4. The highest BCUT2D eigenvalue weighted by Gasteiger charge is 2.42. The van der Waals surface area contributed by atoms with Gasteiger partial charge in [0.15, 0.2) is 0 Å². The smallest absolute Gasteiger partial charge is 0.119 e. The van der Waals surface area contributed by atoms with Crippen LogP contribution in [0.5, 0.6) is 5.75 Å². The van der Waals surface area contributed by atoms with Crippen LogP contribution >= 0.6 is 0 Å². The summed E-state index contributed by atoms with van der Waals surface area (Å²) in [6.45, 7) is 4.20. The maximum Gasteiger partial charge on any atom is 0.119 e. The molecule has 1 aromatic heterocycles. The zero-order valence-electron chi connectivity index (χ0n) is 18.2. The van der Waals surface area contributed by atoms with E-state index in [0.717, 1.165) is 41.7 Å². The first-order valence-corrected chi connectivity index (χ1v) is 11.2. The van der Waals surface area contributed by atoms with Crippen LogP contribution in [0.25, 0.3) is 17.0 Å². The van der Waals surface area contributed by atoms with E-state index in [1.54, 1.807) is 13.3 Å². The van der Waals surface area contributed by atoms with Gasteiger partial charge in [-0.25, -0.2) is 0 Å². The van der Waals surface area contributed by atoms with Crippen LogP contribution in [0.15, 0.2) is 60.8 Å². The van der Waals surface area contributed by atoms with Crippen molar-refractivity contribution in [2.24, 2.45) is 11.8 Å². The van der Waals surface area contributed by atoms with Crippen LogP contribution in [0, 0.1) is 18.8 Å². The van der Waals surface area contributed by atoms with E-state index in [-0.39, 0.29) is 6.04 Å². The molecule has 1 unspecified atom stereocenters. The minimum atomic E-state index is -0.526. The lowest BCUT2D eigenvalue weighted by Gasteiger charge is -2.50. The van der Waals surface area contributed by atoms with Gasteiger partial charge in [0.2, 0.25) is 0 Å². The molecule has 3 saturated heterocycles. The SMILES string of the molecule is COc1ccc2nccc([C@@H](O)[C@H]3C[C@H]4CCN3C[C@@H]4/C=C/c3ccc(C)cc3)c2c1. The molecule has 4 heteroatoms. The Labute approximate surface area is 184 Å². The number of aliphatic hydroxyl groups is 1. The molecule has 160 valence electrons. The molecule has 0 aliphatic carbocycles.